The lowest BCUT2D eigenvalue weighted by atomic mass is 9.78. The van der Waals surface area contributed by atoms with Crippen molar-refractivity contribution >= 4 is 0 Å². The Morgan fingerprint density at radius 1 is 1.35 bits per heavy atom. The average Bonchev–Trinajstić information content (AvgIpc) is 2.37. The molecule has 0 heterocycles. The van der Waals surface area contributed by atoms with E-state index in [1.165, 1.54) is 6.42 Å². The molecule has 0 aromatic heterocycles. The second-order valence-electron chi connectivity index (χ2n) is 6.11. The molecule has 3 atom stereocenters. The van der Waals surface area contributed by atoms with Gasteiger partial charge in [-0.3, -0.25) is 4.90 Å². The number of aliphatic hydroxyl groups excluding tert-OH is 1. The van der Waals surface area contributed by atoms with E-state index >= 15 is 0 Å². The van der Waals surface area contributed by atoms with Crippen LogP contribution in [0.4, 0.5) is 8.78 Å². The van der Waals surface area contributed by atoms with Crippen molar-refractivity contribution in [3.8, 4) is 0 Å². The highest BCUT2D eigenvalue weighted by atomic mass is 19.3. The second-order valence-corrected chi connectivity index (χ2v) is 6.11. The predicted molar refractivity (Wildman–Crippen MR) is 78.1 cm³/mol. The van der Waals surface area contributed by atoms with Crippen LogP contribution in [0.15, 0.2) is 0 Å². The van der Waals surface area contributed by atoms with E-state index < -0.39 is 6.43 Å². The molecule has 0 aromatic rings. The van der Waals surface area contributed by atoms with Crippen molar-refractivity contribution in [1.82, 2.24) is 10.2 Å². The minimum Gasteiger partial charge on any atom is -0.395 e. The normalized spacial score (nSPS) is 27.4. The first kappa shape index (κ1) is 17.8. The molecule has 1 aliphatic carbocycles. The zero-order valence-electron chi connectivity index (χ0n) is 12.8. The summed E-state index contributed by atoms with van der Waals surface area (Å²) >= 11 is 0. The molecule has 1 fully saturated rings. The zero-order valence-corrected chi connectivity index (χ0v) is 12.8. The number of aliphatic hydroxyl groups is 1. The molecule has 120 valence electrons. The Morgan fingerprint density at radius 2 is 2.10 bits per heavy atom. The minimum absolute atomic E-state index is 0.0535. The third-order valence-electron chi connectivity index (χ3n) is 4.21. The quantitative estimate of drug-likeness (QED) is 0.685. The number of nitrogens with one attached hydrogen (secondary N) is 1. The number of nitrogens with zero attached hydrogens (tertiary/aromatic N) is 1. The summed E-state index contributed by atoms with van der Waals surface area (Å²) in [6.45, 7) is 6.10. The Bertz CT molecular complexity index is 252. The topological polar surface area (TPSA) is 35.5 Å². The Hall–Kier alpha value is -0.260. The third-order valence-corrected chi connectivity index (χ3v) is 4.21. The summed E-state index contributed by atoms with van der Waals surface area (Å²) in [6, 6.07) is 0.435. The van der Waals surface area contributed by atoms with Crippen molar-refractivity contribution in [3.05, 3.63) is 0 Å². The van der Waals surface area contributed by atoms with Crippen LogP contribution in [0.5, 0.6) is 0 Å². The zero-order chi connectivity index (χ0) is 15.0. The van der Waals surface area contributed by atoms with Crippen LogP contribution in [-0.2, 0) is 0 Å². The first-order chi connectivity index (χ1) is 9.56. The lowest BCUT2D eigenvalue weighted by Gasteiger charge is -2.38. The molecule has 0 saturated heterocycles. The van der Waals surface area contributed by atoms with E-state index in [4.69, 9.17) is 5.11 Å². The molecule has 1 saturated carbocycles. The van der Waals surface area contributed by atoms with Gasteiger partial charge < -0.3 is 10.4 Å². The molecule has 0 aromatic carbocycles. The third kappa shape index (κ3) is 6.46. The molecule has 20 heavy (non-hydrogen) atoms. The van der Waals surface area contributed by atoms with Crippen molar-refractivity contribution in [3.63, 3.8) is 0 Å². The van der Waals surface area contributed by atoms with Gasteiger partial charge in [-0.2, -0.15) is 0 Å². The molecular formula is C15H30F2N2O. The molecule has 0 bridgehead atoms. The Kier molecular flexibility index (Phi) is 8.57. The lowest BCUT2D eigenvalue weighted by Crippen LogP contribution is -2.47. The maximum absolute atomic E-state index is 12.6. The van der Waals surface area contributed by atoms with Gasteiger partial charge in [0.25, 0.3) is 6.43 Å². The summed E-state index contributed by atoms with van der Waals surface area (Å²) in [5, 5.41) is 12.6. The lowest BCUT2D eigenvalue weighted by molar-refractivity contribution is 0.0568. The van der Waals surface area contributed by atoms with Gasteiger partial charge in [0.15, 0.2) is 0 Å². The van der Waals surface area contributed by atoms with Gasteiger partial charge in [0, 0.05) is 19.1 Å². The highest BCUT2D eigenvalue weighted by Gasteiger charge is 2.30. The van der Waals surface area contributed by atoms with Gasteiger partial charge in [-0.15, -0.1) is 0 Å². The molecule has 2 N–H and O–H groups in total. The molecule has 0 amide bonds. The first-order valence-corrected chi connectivity index (χ1v) is 7.91. The Balaban J connectivity index is 2.55. The Labute approximate surface area is 121 Å². The molecule has 1 aliphatic rings. The van der Waals surface area contributed by atoms with Gasteiger partial charge in [0.2, 0.25) is 0 Å². The van der Waals surface area contributed by atoms with E-state index in [0.717, 1.165) is 25.8 Å². The molecule has 5 heteroatoms. The molecule has 0 aliphatic heterocycles. The summed E-state index contributed by atoms with van der Waals surface area (Å²) in [4.78, 5) is 1.72. The fourth-order valence-corrected chi connectivity index (χ4v) is 3.22. The summed E-state index contributed by atoms with van der Waals surface area (Å²) < 4.78 is 25.2. The van der Waals surface area contributed by atoms with Gasteiger partial charge in [0.1, 0.15) is 0 Å². The SMILES string of the molecule is CCCNC1CCC(C)CC1CN(CCO)CC(F)F. The number of hydrogen-bond acceptors (Lipinski definition) is 3. The highest BCUT2D eigenvalue weighted by molar-refractivity contribution is 4.85. The second kappa shape index (κ2) is 9.64. The number of rotatable bonds is 9. The summed E-state index contributed by atoms with van der Waals surface area (Å²) in [7, 11) is 0. The largest absolute Gasteiger partial charge is 0.395 e. The average molecular weight is 292 g/mol. The van der Waals surface area contributed by atoms with Gasteiger partial charge in [-0.1, -0.05) is 13.8 Å². The summed E-state index contributed by atoms with van der Waals surface area (Å²) in [6.07, 6.45) is 2.20. The van der Waals surface area contributed by atoms with Crippen LogP contribution in [0.25, 0.3) is 0 Å². The Morgan fingerprint density at radius 3 is 2.70 bits per heavy atom. The molecule has 1 rings (SSSR count). The summed E-state index contributed by atoms with van der Waals surface area (Å²) in [5.74, 6) is 1.08. The van der Waals surface area contributed by atoms with Crippen molar-refractivity contribution in [2.75, 3.05) is 32.8 Å². The van der Waals surface area contributed by atoms with Crippen LogP contribution in [0.1, 0.15) is 39.5 Å². The molecule has 3 nitrogen and oxygen atoms in total. The van der Waals surface area contributed by atoms with Crippen LogP contribution in [0.2, 0.25) is 0 Å². The van der Waals surface area contributed by atoms with E-state index in [0.29, 0.717) is 31.0 Å². The van der Waals surface area contributed by atoms with E-state index in [2.05, 4.69) is 19.2 Å². The number of hydrogen-bond donors (Lipinski definition) is 2. The number of alkyl halides is 2. The van der Waals surface area contributed by atoms with Gasteiger partial charge in [-0.25, -0.2) is 8.78 Å². The van der Waals surface area contributed by atoms with E-state index in [1.807, 2.05) is 0 Å². The summed E-state index contributed by atoms with van der Waals surface area (Å²) in [5.41, 5.74) is 0. The van der Waals surface area contributed by atoms with Crippen molar-refractivity contribution < 1.29 is 13.9 Å². The fraction of sp³-hybridized carbons (Fsp3) is 1.00. The van der Waals surface area contributed by atoms with Crippen molar-refractivity contribution in [2.45, 2.75) is 52.0 Å². The van der Waals surface area contributed by atoms with Crippen molar-refractivity contribution in [2.24, 2.45) is 11.8 Å². The molecule has 0 radical (unpaired) electrons. The standard InChI is InChI=1S/C15H30F2N2O/c1-3-6-18-14-5-4-12(2)9-13(14)10-19(7-8-20)11-15(16)17/h12-15,18,20H,3-11H2,1-2H3. The maximum atomic E-state index is 12.6. The first-order valence-electron chi connectivity index (χ1n) is 7.91. The van der Waals surface area contributed by atoms with Crippen LogP contribution < -0.4 is 5.32 Å². The molecule has 3 unspecified atom stereocenters. The van der Waals surface area contributed by atoms with Crippen LogP contribution in [0, 0.1) is 11.8 Å². The minimum atomic E-state index is -2.33. The van der Waals surface area contributed by atoms with Gasteiger partial charge in [0.05, 0.1) is 13.2 Å². The highest BCUT2D eigenvalue weighted by Crippen LogP contribution is 2.30. The molecular weight excluding hydrogens is 262 g/mol. The van der Waals surface area contributed by atoms with Crippen LogP contribution >= 0.6 is 0 Å². The van der Waals surface area contributed by atoms with Crippen LogP contribution in [-0.4, -0.2) is 55.3 Å². The number of halogens is 2. The van der Waals surface area contributed by atoms with E-state index in [1.54, 1.807) is 4.90 Å². The maximum Gasteiger partial charge on any atom is 0.251 e. The molecule has 0 spiro atoms. The van der Waals surface area contributed by atoms with Crippen molar-refractivity contribution in [1.29, 1.82) is 0 Å². The van der Waals surface area contributed by atoms with Gasteiger partial charge >= 0.3 is 0 Å². The van der Waals surface area contributed by atoms with Gasteiger partial charge in [-0.05, 0) is 44.1 Å². The van der Waals surface area contributed by atoms with E-state index in [9.17, 15) is 8.78 Å². The smallest absolute Gasteiger partial charge is 0.251 e. The van der Waals surface area contributed by atoms with E-state index in [-0.39, 0.29) is 13.2 Å². The fourth-order valence-electron chi connectivity index (χ4n) is 3.22. The van der Waals surface area contributed by atoms with Crippen LogP contribution in [0.3, 0.4) is 0 Å². The predicted octanol–water partition coefficient (Wildman–Crippen LogP) is 2.35. The monoisotopic (exact) mass is 292 g/mol.